The van der Waals surface area contributed by atoms with Crippen molar-refractivity contribution in [2.24, 2.45) is 0 Å². The molecule has 6 heteroatoms. The second-order valence-corrected chi connectivity index (χ2v) is 7.78. The Balaban J connectivity index is 1.42. The van der Waals surface area contributed by atoms with E-state index in [2.05, 4.69) is 4.98 Å². The molecule has 1 aromatic rings. The lowest BCUT2D eigenvalue weighted by Crippen LogP contribution is -2.61. The van der Waals surface area contributed by atoms with E-state index in [9.17, 15) is 4.79 Å². The zero-order valence-electron chi connectivity index (χ0n) is 13.8. The maximum absolute atomic E-state index is 11.9. The number of pyridine rings is 1. The molecule has 1 unspecified atom stereocenters. The molecular formula is C17H24N2O3S. The van der Waals surface area contributed by atoms with Gasteiger partial charge in [-0.15, -0.1) is 11.8 Å². The number of carbonyl (C=O) groups excluding carboxylic acids is 1. The van der Waals surface area contributed by atoms with Gasteiger partial charge < -0.3 is 14.4 Å². The number of ether oxygens (including phenoxy) is 2. The van der Waals surface area contributed by atoms with E-state index in [-0.39, 0.29) is 23.4 Å². The smallest absolute Gasteiger partial charge is 0.248 e. The minimum absolute atomic E-state index is 0.103. The molecule has 0 aromatic carbocycles. The molecule has 0 aliphatic carbocycles. The summed E-state index contributed by atoms with van der Waals surface area (Å²) >= 11 is 1.94. The van der Waals surface area contributed by atoms with Crippen LogP contribution in [0.4, 0.5) is 0 Å². The van der Waals surface area contributed by atoms with Gasteiger partial charge in [-0.25, -0.2) is 0 Å². The second-order valence-electron chi connectivity index (χ2n) is 6.29. The van der Waals surface area contributed by atoms with E-state index in [1.165, 1.54) is 0 Å². The number of amides is 1. The summed E-state index contributed by atoms with van der Waals surface area (Å²) in [5.74, 6) is 1.10. The molecule has 2 aliphatic heterocycles. The van der Waals surface area contributed by atoms with Crippen molar-refractivity contribution in [3.8, 4) is 0 Å². The van der Waals surface area contributed by atoms with Crippen LogP contribution in [0, 0.1) is 6.92 Å². The van der Waals surface area contributed by atoms with Gasteiger partial charge in [0.1, 0.15) is 6.61 Å². The predicted molar refractivity (Wildman–Crippen MR) is 90.4 cm³/mol. The van der Waals surface area contributed by atoms with E-state index >= 15 is 0 Å². The molecule has 0 bridgehead atoms. The molecule has 1 atom stereocenters. The molecule has 0 saturated carbocycles. The highest BCUT2D eigenvalue weighted by molar-refractivity contribution is 8.01. The molecular weight excluding hydrogens is 312 g/mol. The number of aryl methyl sites for hydroxylation is 1. The molecule has 1 amide bonds. The summed E-state index contributed by atoms with van der Waals surface area (Å²) in [6, 6.07) is 6.01. The van der Waals surface area contributed by atoms with Crippen LogP contribution in [0.25, 0.3) is 0 Å². The molecule has 1 spiro atoms. The average Bonchev–Trinajstić information content (AvgIpc) is 2.94. The maximum Gasteiger partial charge on any atom is 0.248 e. The Hall–Kier alpha value is -1.11. The molecule has 3 rings (SSSR count). The first-order chi connectivity index (χ1) is 11.1. The Morgan fingerprint density at radius 2 is 2.30 bits per heavy atom. The number of hydrogen-bond acceptors (Lipinski definition) is 5. The summed E-state index contributed by atoms with van der Waals surface area (Å²) in [5.41, 5.74) is 2.00. The molecule has 2 saturated heterocycles. The zero-order chi connectivity index (χ0) is 16.3. The van der Waals surface area contributed by atoms with Crippen molar-refractivity contribution in [2.75, 3.05) is 32.1 Å². The second kappa shape index (κ2) is 7.20. The molecule has 3 heterocycles. The summed E-state index contributed by atoms with van der Waals surface area (Å²) < 4.78 is 11.4. The Kier molecular flexibility index (Phi) is 5.24. The van der Waals surface area contributed by atoms with Gasteiger partial charge in [0.05, 0.1) is 23.2 Å². The lowest BCUT2D eigenvalue weighted by molar-refractivity contribution is -0.141. The monoisotopic (exact) mass is 336 g/mol. The van der Waals surface area contributed by atoms with Crippen molar-refractivity contribution < 1.29 is 14.3 Å². The van der Waals surface area contributed by atoms with Gasteiger partial charge in [0.25, 0.3) is 0 Å². The molecule has 2 aliphatic rings. The van der Waals surface area contributed by atoms with Crippen LogP contribution in [0.2, 0.25) is 0 Å². The van der Waals surface area contributed by atoms with Gasteiger partial charge in [-0.3, -0.25) is 9.78 Å². The van der Waals surface area contributed by atoms with Gasteiger partial charge in [-0.1, -0.05) is 6.07 Å². The van der Waals surface area contributed by atoms with Crippen LogP contribution in [-0.4, -0.2) is 58.7 Å². The van der Waals surface area contributed by atoms with Crippen molar-refractivity contribution in [1.29, 1.82) is 0 Å². The largest absolute Gasteiger partial charge is 0.372 e. The van der Waals surface area contributed by atoms with E-state index in [1.807, 2.05) is 48.7 Å². The molecule has 0 radical (unpaired) electrons. The van der Waals surface area contributed by atoms with Gasteiger partial charge in [0.15, 0.2) is 0 Å². The molecule has 0 N–H and O–H groups in total. The van der Waals surface area contributed by atoms with Crippen LogP contribution in [0.3, 0.4) is 0 Å². The minimum atomic E-state index is 0.103. The van der Waals surface area contributed by atoms with Crippen LogP contribution >= 0.6 is 11.8 Å². The standard InChI is InChI=1S/C17H24N2O3S/c1-3-21-9-16(20)19-11-17(12-19)7-15(10-23-17)22-8-14-6-4-5-13(2)18-14/h4-6,15H,3,7-12H2,1-2H3. The van der Waals surface area contributed by atoms with Crippen LogP contribution < -0.4 is 0 Å². The number of likely N-dealkylation sites (tertiary alicyclic amines) is 1. The third-order valence-corrected chi connectivity index (χ3v) is 5.90. The Bertz CT molecular complexity index is 561. The van der Waals surface area contributed by atoms with E-state index in [1.54, 1.807) is 0 Å². The molecule has 2 fully saturated rings. The third kappa shape index (κ3) is 4.05. The summed E-state index contributed by atoms with van der Waals surface area (Å²) in [6.45, 7) is 6.90. The highest BCUT2D eigenvalue weighted by Crippen LogP contribution is 2.46. The minimum Gasteiger partial charge on any atom is -0.372 e. The van der Waals surface area contributed by atoms with Gasteiger partial charge >= 0.3 is 0 Å². The van der Waals surface area contributed by atoms with E-state index < -0.39 is 0 Å². The molecule has 5 nitrogen and oxygen atoms in total. The highest BCUT2D eigenvalue weighted by atomic mass is 32.2. The summed E-state index contributed by atoms with van der Waals surface area (Å²) in [5, 5.41) is 0. The first kappa shape index (κ1) is 16.7. The average molecular weight is 336 g/mol. The first-order valence-electron chi connectivity index (χ1n) is 8.14. The van der Waals surface area contributed by atoms with E-state index in [4.69, 9.17) is 9.47 Å². The van der Waals surface area contributed by atoms with Crippen molar-refractivity contribution in [3.63, 3.8) is 0 Å². The number of carbonyl (C=O) groups is 1. The van der Waals surface area contributed by atoms with E-state index in [0.717, 1.165) is 36.7 Å². The Labute approximate surface area is 141 Å². The van der Waals surface area contributed by atoms with Gasteiger partial charge in [-0.2, -0.15) is 0 Å². The van der Waals surface area contributed by atoms with Crippen molar-refractivity contribution in [3.05, 3.63) is 29.6 Å². The molecule has 1 aromatic heterocycles. The Morgan fingerprint density at radius 1 is 1.48 bits per heavy atom. The summed E-state index contributed by atoms with van der Waals surface area (Å²) in [7, 11) is 0. The van der Waals surface area contributed by atoms with Crippen molar-refractivity contribution >= 4 is 17.7 Å². The quantitative estimate of drug-likeness (QED) is 0.796. The molecule has 23 heavy (non-hydrogen) atoms. The molecule has 126 valence electrons. The predicted octanol–water partition coefficient (Wildman–Crippen LogP) is 2.03. The van der Waals surface area contributed by atoms with Gasteiger partial charge in [-0.05, 0) is 32.4 Å². The number of hydrogen-bond donors (Lipinski definition) is 0. The van der Waals surface area contributed by atoms with E-state index in [0.29, 0.717) is 13.2 Å². The maximum atomic E-state index is 11.9. The first-order valence-corrected chi connectivity index (χ1v) is 9.12. The third-order valence-electron chi connectivity index (χ3n) is 4.33. The fourth-order valence-corrected chi connectivity index (χ4v) is 4.67. The van der Waals surface area contributed by atoms with Crippen LogP contribution in [-0.2, 0) is 20.9 Å². The summed E-state index contributed by atoms with van der Waals surface area (Å²) in [4.78, 5) is 18.3. The van der Waals surface area contributed by atoms with Crippen molar-refractivity contribution in [2.45, 2.75) is 37.7 Å². The SMILES string of the molecule is CCOCC(=O)N1CC2(CC(OCc3cccc(C)n3)CS2)C1. The number of thioether (sulfide) groups is 1. The van der Waals surface area contributed by atoms with Crippen LogP contribution in [0.15, 0.2) is 18.2 Å². The van der Waals surface area contributed by atoms with Crippen LogP contribution in [0.5, 0.6) is 0 Å². The normalized spacial score (nSPS) is 22.3. The van der Waals surface area contributed by atoms with Crippen molar-refractivity contribution in [1.82, 2.24) is 9.88 Å². The fourth-order valence-electron chi connectivity index (χ4n) is 3.12. The zero-order valence-corrected chi connectivity index (χ0v) is 14.6. The number of aromatic nitrogens is 1. The lowest BCUT2D eigenvalue weighted by Gasteiger charge is -2.47. The Morgan fingerprint density at radius 3 is 3.04 bits per heavy atom. The fraction of sp³-hybridized carbons (Fsp3) is 0.647. The van der Waals surface area contributed by atoms with Gasteiger partial charge in [0.2, 0.25) is 5.91 Å². The van der Waals surface area contributed by atoms with Crippen LogP contribution in [0.1, 0.15) is 24.7 Å². The van der Waals surface area contributed by atoms with Gasteiger partial charge in [0, 0.05) is 31.1 Å². The number of nitrogens with zero attached hydrogens (tertiary/aromatic N) is 2. The summed E-state index contributed by atoms with van der Waals surface area (Å²) in [6.07, 6.45) is 1.27. The lowest BCUT2D eigenvalue weighted by atomic mass is 9.93. The number of rotatable bonds is 6. The highest BCUT2D eigenvalue weighted by Gasteiger charge is 2.50. The topological polar surface area (TPSA) is 51.7 Å².